The maximum atomic E-state index is 11.1. The average Bonchev–Trinajstić information content (AvgIpc) is 2.34. The van der Waals surface area contributed by atoms with Crippen molar-refractivity contribution in [2.45, 2.75) is 21.8 Å². The average molecular weight is 317 g/mol. The Kier molecular flexibility index (Phi) is 8.26. The van der Waals surface area contributed by atoms with E-state index >= 15 is 0 Å². The summed E-state index contributed by atoms with van der Waals surface area (Å²) in [6.07, 6.45) is 0. The van der Waals surface area contributed by atoms with Crippen LogP contribution in [0.5, 0.6) is 0 Å². The first-order valence-corrected chi connectivity index (χ1v) is 5.30. The first-order chi connectivity index (χ1) is 9.31. The number of anilines is 1. The van der Waals surface area contributed by atoms with Crippen LogP contribution in [0.2, 0.25) is 0 Å². The van der Waals surface area contributed by atoms with Crippen molar-refractivity contribution in [1.29, 1.82) is 0 Å². The quantitative estimate of drug-likeness (QED) is 0.461. The van der Waals surface area contributed by atoms with Gasteiger partial charge in [0.2, 0.25) is 0 Å². The van der Waals surface area contributed by atoms with Crippen LogP contribution in [-0.4, -0.2) is 28.5 Å². The van der Waals surface area contributed by atoms with Gasteiger partial charge in [-0.2, -0.15) is 0 Å². The van der Waals surface area contributed by atoms with E-state index in [1.165, 1.54) is 14.0 Å². The third-order valence-electron chi connectivity index (χ3n) is 2.52. The molecule has 0 saturated carbocycles. The van der Waals surface area contributed by atoms with E-state index in [0.717, 1.165) is 0 Å². The van der Waals surface area contributed by atoms with Crippen LogP contribution in [-0.2, 0) is 0 Å². The van der Waals surface area contributed by atoms with Crippen molar-refractivity contribution in [3.05, 3.63) is 42.0 Å². The van der Waals surface area contributed by atoms with Gasteiger partial charge in [0.05, 0.1) is 27.5 Å². The fourth-order valence-corrected chi connectivity index (χ4v) is 1.65. The lowest BCUT2D eigenvalue weighted by molar-refractivity contribution is -0.402. The highest BCUT2D eigenvalue weighted by Gasteiger charge is 2.34. The fraction of sp³-hybridized carbons (Fsp3) is 0.455. The normalized spacial score (nSPS) is 9.18. The zero-order valence-electron chi connectivity index (χ0n) is 10.6. The summed E-state index contributed by atoms with van der Waals surface area (Å²) >= 11 is 0. The molecule has 1 aromatic carbocycles. The topological polar surface area (TPSA) is 153 Å². The standard InChI is InChI=1S/C9H11N5O6.2CH4/c1-5-6(12(15)16)3-7(13(17)18)8(11-4-10-2)9(5)14(19)20;;/h3,10-11H,4H2,1-2H3;2*1H4. The molecule has 11 heteroatoms. The van der Waals surface area contributed by atoms with E-state index in [0.29, 0.717) is 6.07 Å². The molecule has 22 heavy (non-hydrogen) atoms. The molecule has 11 nitrogen and oxygen atoms in total. The van der Waals surface area contributed by atoms with Gasteiger partial charge in [-0.05, 0) is 14.0 Å². The summed E-state index contributed by atoms with van der Waals surface area (Å²) in [5, 5.41) is 37.9. The molecule has 124 valence electrons. The Labute approximate surface area is 126 Å². The summed E-state index contributed by atoms with van der Waals surface area (Å²) in [6, 6.07) is 0.709. The van der Waals surface area contributed by atoms with Crippen molar-refractivity contribution in [3.63, 3.8) is 0 Å². The summed E-state index contributed by atoms with van der Waals surface area (Å²) < 4.78 is 0. The smallest absolute Gasteiger partial charge is 0.309 e. The van der Waals surface area contributed by atoms with Gasteiger partial charge in [0.15, 0.2) is 5.69 Å². The zero-order valence-corrected chi connectivity index (χ0v) is 10.6. The van der Waals surface area contributed by atoms with Gasteiger partial charge in [-0.1, -0.05) is 14.9 Å². The number of hydrogen-bond acceptors (Lipinski definition) is 8. The number of hydrogen-bond donors (Lipinski definition) is 2. The molecule has 0 unspecified atom stereocenters. The highest BCUT2D eigenvalue weighted by molar-refractivity contribution is 5.80. The van der Waals surface area contributed by atoms with E-state index < -0.39 is 31.8 Å². The van der Waals surface area contributed by atoms with Crippen molar-refractivity contribution >= 4 is 22.7 Å². The molecule has 0 heterocycles. The third-order valence-corrected chi connectivity index (χ3v) is 2.52. The van der Waals surface area contributed by atoms with Gasteiger partial charge in [-0.15, -0.1) is 0 Å². The molecule has 0 aliphatic heterocycles. The molecular weight excluding hydrogens is 298 g/mol. The minimum absolute atomic E-state index is 0. The van der Waals surface area contributed by atoms with Crippen LogP contribution in [0.3, 0.4) is 0 Å². The van der Waals surface area contributed by atoms with E-state index in [1.54, 1.807) is 0 Å². The Balaban J connectivity index is 0. The van der Waals surface area contributed by atoms with Gasteiger partial charge in [0.25, 0.3) is 5.69 Å². The van der Waals surface area contributed by atoms with Crippen LogP contribution in [0.25, 0.3) is 0 Å². The lowest BCUT2D eigenvalue weighted by atomic mass is 10.1. The summed E-state index contributed by atoms with van der Waals surface area (Å²) in [5.41, 5.74) is -2.68. The number of rotatable bonds is 6. The fourth-order valence-electron chi connectivity index (χ4n) is 1.65. The SMILES string of the molecule is C.C.CNCNc1c([N+](=O)[O-])cc([N+](=O)[O-])c(C)c1[N+](=O)[O-]. The molecule has 0 amide bonds. The van der Waals surface area contributed by atoms with E-state index in [2.05, 4.69) is 10.6 Å². The maximum absolute atomic E-state index is 11.1. The molecule has 0 fully saturated rings. The van der Waals surface area contributed by atoms with Crippen LogP contribution in [0.15, 0.2) is 6.07 Å². The van der Waals surface area contributed by atoms with Gasteiger partial charge in [0.1, 0.15) is 5.56 Å². The number of benzene rings is 1. The molecule has 0 aliphatic rings. The Morgan fingerprint density at radius 1 is 1.00 bits per heavy atom. The number of nitro groups is 3. The Bertz CT molecular complexity index is 589. The van der Waals surface area contributed by atoms with Gasteiger partial charge < -0.3 is 10.6 Å². The van der Waals surface area contributed by atoms with Gasteiger partial charge in [-0.25, -0.2) is 0 Å². The van der Waals surface area contributed by atoms with Crippen LogP contribution in [0, 0.1) is 37.3 Å². The molecule has 0 aromatic heterocycles. The molecule has 0 atom stereocenters. The molecule has 0 radical (unpaired) electrons. The second-order valence-corrected chi connectivity index (χ2v) is 3.74. The van der Waals surface area contributed by atoms with Crippen molar-refractivity contribution in [1.82, 2.24) is 5.32 Å². The van der Waals surface area contributed by atoms with Crippen LogP contribution < -0.4 is 10.6 Å². The van der Waals surface area contributed by atoms with Crippen molar-refractivity contribution in [2.75, 3.05) is 19.0 Å². The number of nitrogens with one attached hydrogen (secondary N) is 2. The first-order valence-electron chi connectivity index (χ1n) is 5.30. The lowest BCUT2D eigenvalue weighted by Crippen LogP contribution is -2.18. The summed E-state index contributed by atoms with van der Waals surface area (Å²) in [4.78, 5) is 30.1. The molecule has 1 aromatic rings. The summed E-state index contributed by atoms with van der Waals surface area (Å²) in [5.74, 6) is 0. The van der Waals surface area contributed by atoms with Crippen molar-refractivity contribution in [2.24, 2.45) is 0 Å². The lowest BCUT2D eigenvalue weighted by Gasteiger charge is -2.09. The molecule has 0 aliphatic carbocycles. The minimum Gasteiger partial charge on any atom is -0.361 e. The molecule has 0 saturated heterocycles. The molecule has 0 bridgehead atoms. The van der Waals surface area contributed by atoms with Gasteiger partial charge >= 0.3 is 11.4 Å². The Morgan fingerprint density at radius 2 is 1.50 bits per heavy atom. The number of nitrogens with zero attached hydrogens (tertiary/aromatic N) is 3. The summed E-state index contributed by atoms with van der Waals surface area (Å²) in [6.45, 7) is 1.20. The molecule has 1 rings (SSSR count). The second kappa shape index (κ2) is 8.46. The minimum atomic E-state index is -0.905. The van der Waals surface area contributed by atoms with Crippen molar-refractivity contribution < 1.29 is 14.8 Å². The van der Waals surface area contributed by atoms with Crippen molar-refractivity contribution in [3.8, 4) is 0 Å². The largest absolute Gasteiger partial charge is 0.361 e. The Hall–Kier alpha value is -2.82. The number of nitro benzene ring substituents is 3. The van der Waals surface area contributed by atoms with Crippen LogP contribution >= 0.6 is 0 Å². The molecule has 0 spiro atoms. The third kappa shape index (κ3) is 4.09. The Morgan fingerprint density at radius 3 is 1.86 bits per heavy atom. The maximum Gasteiger partial charge on any atom is 0.309 e. The predicted molar refractivity (Wildman–Crippen MR) is 82.2 cm³/mol. The van der Waals surface area contributed by atoms with E-state index in [1.807, 2.05) is 0 Å². The first kappa shape index (κ1) is 21.5. The highest BCUT2D eigenvalue weighted by atomic mass is 16.6. The van der Waals surface area contributed by atoms with Crippen LogP contribution in [0.4, 0.5) is 22.7 Å². The van der Waals surface area contributed by atoms with E-state index in [-0.39, 0.29) is 32.8 Å². The van der Waals surface area contributed by atoms with E-state index in [4.69, 9.17) is 0 Å². The monoisotopic (exact) mass is 317 g/mol. The van der Waals surface area contributed by atoms with Crippen LogP contribution in [0.1, 0.15) is 20.4 Å². The second-order valence-electron chi connectivity index (χ2n) is 3.74. The highest BCUT2D eigenvalue weighted by Crippen LogP contribution is 2.41. The molecular formula is C11H19N5O6. The summed E-state index contributed by atoms with van der Waals surface area (Å²) in [7, 11) is 1.53. The van der Waals surface area contributed by atoms with Gasteiger partial charge in [-0.3, -0.25) is 30.3 Å². The van der Waals surface area contributed by atoms with Gasteiger partial charge in [0, 0.05) is 0 Å². The van der Waals surface area contributed by atoms with E-state index in [9.17, 15) is 30.3 Å². The zero-order chi connectivity index (χ0) is 15.4. The molecule has 2 N–H and O–H groups in total. The predicted octanol–water partition coefficient (Wildman–Crippen LogP) is 2.58.